The lowest BCUT2D eigenvalue weighted by Gasteiger charge is -2.30. The zero-order chi connectivity index (χ0) is 15.7. The number of hydrogen-bond donors (Lipinski definition) is 1. The van der Waals surface area contributed by atoms with Crippen molar-refractivity contribution in [1.29, 1.82) is 0 Å². The molecule has 1 amide bonds. The minimum Gasteiger partial charge on any atom is -0.340 e. The van der Waals surface area contributed by atoms with Crippen molar-refractivity contribution < 1.29 is 13.2 Å². The molecule has 22 heavy (non-hydrogen) atoms. The summed E-state index contributed by atoms with van der Waals surface area (Å²) < 4.78 is 24.5. The van der Waals surface area contributed by atoms with Crippen LogP contribution in [-0.2, 0) is 14.8 Å². The van der Waals surface area contributed by atoms with Gasteiger partial charge >= 0.3 is 0 Å². The van der Waals surface area contributed by atoms with E-state index >= 15 is 0 Å². The van der Waals surface area contributed by atoms with E-state index in [0.29, 0.717) is 6.04 Å². The van der Waals surface area contributed by atoms with Crippen LogP contribution in [0.2, 0.25) is 0 Å². The van der Waals surface area contributed by atoms with Crippen LogP contribution in [0.4, 0.5) is 0 Å². The second-order valence-electron chi connectivity index (χ2n) is 7.47. The third-order valence-electron chi connectivity index (χ3n) is 5.86. The van der Waals surface area contributed by atoms with Gasteiger partial charge in [0, 0.05) is 25.6 Å². The van der Waals surface area contributed by atoms with Crippen molar-refractivity contribution in [3.8, 4) is 0 Å². The minimum absolute atomic E-state index is 0.113. The molecule has 3 rings (SSSR count). The maximum absolute atomic E-state index is 12.4. The summed E-state index contributed by atoms with van der Waals surface area (Å²) in [7, 11) is -3.20. The molecule has 3 aliphatic rings. The number of sulfonamides is 1. The van der Waals surface area contributed by atoms with Crippen LogP contribution in [0.3, 0.4) is 0 Å². The first kappa shape index (κ1) is 16.2. The van der Waals surface area contributed by atoms with Crippen LogP contribution in [0.1, 0.15) is 51.4 Å². The Hall–Kier alpha value is -0.620. The quantitative estimate of drug-likeness (QED) is 0.808. The Kier molecular flexibility index (Phi) is 4.78. The minimum atomic E-state index is -3.20. The molecule has 0 spiro atoms. The van der Waals surface area contributed by atoms with Crippen LogP contribution in [0.25, 0.3) is 0 Å². The normalized spacial score (nSPS) is 34.5. The lowest BCUT2D eigenvalue weighted by molar-refractivity contribution is -0.132. The SMILES string of the molecule is CS(=O)(=O)NCCC(=O)N1CCCC1CC1CC2CCC1C2. The molecule has 0 aromatic heterocycles. The molecular weight excluding hydrogens is 300 g/mol. The van der Waals surface area contributed by atoms with E-state index in [0.717, 1.165) is 43.4 Å². The predicted octanol–water partition coefficient (Wildman–Crippen LogP) is 1.74. The standard InChI is InChI=1S/C16H28N2O3S/c1-22(20,21)17-7-6-16(19)18-8-2-3-15(18)11-14-10-12-4-5-13(14)9-12/h12-15,17H,2-11H2,1H3. The van der Waals surface area contributed by atoms with Gasteiger partial charge in [-0.05, 0) is 56.3 Å². The first-order chi connectivity index (χ1) is 10.4. The number of likely N-dealkylation sites (tertiary alicyclic amines) is 1. The molecular formula is C16H28N2O3S. The third-order valence-corrected chi connectivity index (χ3v) is 6.59. The van der Waals surface area contributed by atoms with E-state index < -0.39 is 10.0 Å². The fourth-order valence-electron chi connectivity index (χ4n) is 4.91. The number of amides is 1. The Morgan fingerprint density at radius 2 is 2.05 bits per heavy atom. The molecule has 0 aromatic carbocycles. The van der Waals surface area contributed by atoms with Crippen LogP contribution in [-0.4, -0.2) is 44.6 Å². The van der Waals surface area contributed by atoms with E-state index in [1.54, 1.807) is 0 Å². The molecule has 2 saturated carbocycles. The topological polar surface area (TPSA) is 66.5 Å². The first-order valence-corrected chi connectivity index (χ1v) is 10.6. The van der Waals surface area contributed by atoms with Crippen LogP contribution in [0.5, 0.6) is 0 Å². The average molecular weight is 328 g/mol. The van der Waals surface area contributed by atoms with Gasteiger partial charge in [-0.1, -0.05) is 6.42 Å². The summed E-state index contributed by atoms with van der Waals surface area (Å²) in [5.41, 5.74) is 0. The molecule has 4 atom stereocenters. The largest absolute Gasteiger partial charge is 0.340 e. The maximum Gasteiger partial charge on any atom is 0.224 e. The van der Waals surface area contributed by atoms with Gasteiger partial charge in [-0.25, -0.2) is 13.1 Å². The molecule has 1 aliphatic heterocycles. The molecule has 2 bridgehead atoms. The summed E-state index contributed by atoms with van der Waals surface area (Å²) in [4.78, 5) is 14.4. The Balaban J connectivity index is 1.48. The predicted molar refractivity (Wildman–Crippen MR) is 85.8 cm³/mol. The van der Waals surface area contributed by atoms with Crippen molar-refractivity contribution in [2.45, 2.75) is 57.4 Å². The summed E-state index contributed by atoms with van der Waals surface area (Å²) in [6.07, 6.45) is 10.4. The van der Waals surface area contributed by atoms with Gasteiger partial charge < -0.3 is 4.90 Å². The zero-order valence-electron chi connectivity index (χ0n) is 13.5. The van der Waals surface area contributed by atoms with Crippen molar-refractivity contribution in [3.63, 3.8) is 0 Å². The number of nitrogens with one attached hydrogen (secondary N) is 1. The molecule has 126 valence electrons. The van der Waals surface area contributed by atoms with Gasteiger partial charge in [0.15, 0.2) is 0 Å². The first-order valence-electron chi connectivity index (χ1n) is 8.66. The molecule has 0 aromatic rings. The lowest BCUT2D eigenvalue weighted by atomic mass is 9.83. The van der Waals surface area contributed by atoms with Crippen molar-refractivity contribution >= 4 is 15.9 Å². The van der Waals surface area contributed by atoms with Crippen molar-refractivity contribution in [1.82, 2.24) is 9.62 Å². The fourth-order valence-corrected chi connectivity index (χ4v) is 5.38. The van der Waals surface area contributed by atoms with E-state index in [4.69, 9.17) is 0 Å². The molecule has 1 N–H and O–H groups in total. The summed E-state index contributed by atoms with van der Waals surface area (Å²) in [5, 5.41) is 0. The van der Waals surface area contributed by atoms with Gasteiger partial charge in [-0.3, -0.25) is 4.79 Å². The molecule has 5 nitrogen and oxygen atoms in total. The van der Waals surface area contributed by atoms with Crippen molar-refractivity contribution in [2.75, 3.05) is 19.3 Å². The number of nitrogens with zero attached hydrogens (tertiary/aromatic N) is 1. The number of fused-ring (bicyclic) bond motifs is 2. The summed E-state index contributed by atoms with van der Waals surface area (Å²) in [6, 6.07) is 0.398. The third kappa shape index (κ3) is 3.82. The summed E-state index contributed by atoms with van der Waals surface area (Å²) in [6.45, 7) is 1.07. The molecule has 6 heteroatoms. The Bertz CT molecular complexity index is 519. The second-order valence-corrected chi connectivity index (χ2v) is 9.30. The van der Waals surface area contributed by atoms with E-state index in [1.807, 2.05) is 4.90 Å². The molecule has 3 fully saturated rings. The van der Waals surface area contributed by atoms with Crippen LogP contribution in [0, 0.1) is 17.8 Å². The summed E-state index contributed by atoms with van der Waals surface area (Å²) in [5.74, 6) is 2.81. The van der Waals surface area contributed by atoms with Gasteiger partial charge in [0.1, 0.15) is 0 Å². The highest BCUT2D eigenvalue weighted by molar-refractivity contribution is 7.88. The van der Waals surface area contributed by atoms with E-state index in [1.165, 1.54) is 32.1 Å². The Morgan fingerprint density at radius 3 is 2.68 bits per heavy atom. The number of rotatable bonds is 6. The number of carbonyl (C=O) groups excluding carboxylic acids is 1. The van der Waals surface area contributed by atoms with Gasteiger partial charge in [-0.15, -0.1) is 0 Å². The average Bonchev–Trinajstić information content (AvgIpc) is 3.12. The molecule has 2 aliphatic carbocycles. The second kappa shape index (κ2) is 6.48. The van der Waals surface area contributed by atoms with Crippen LogP contribution < -0.4 is 4.72 Å². The highest BCUT2D eigenvalue weighted by atomic mass is 32.2. The smallest absolute Gasteiger partial charge is 0.224 e. The van der Waals surface area contributed by atoms with Gasteiger partial charge in [0.2, 0.25) is 15.9 Å². The highest BCUT2D eigenvalue weighted by Crippen LogP contribution is 2.50. The van der Waals surface area contributed by atoms with E-state index in [2.05, 4.69) is 4.72 Å². The van der Waals surface area contributed by atoms with Crippen molar-refractivity contribution in [2.24, 2.45) is 17.8 Å². The van der Waals surface area contributed by atoms with Crippen molar-refractivity contribution in [3.05, 3.63) is 0 Å². The Labute approximate surface area is 133 Å². The molecule has 4 unspecified atom stereocenters. The monoisotopic (exact) mass is 328 g/mol. The molecule has 1 heterocycles. The Morgan fingerprint density at radius 1 is 1.23 bits per heavy atom. The van der Waals surface area contributed by atoms with E-state index in [-0.39, 0.29) is 18.9 Å². The zero-order valence-corrected chi connectivity index (χ0v) is 14.3. The number of carbonyl (C=O) groups is 1. The fraction of sp³-hybridized carbons (Fsp3) is 0.938. The van der Waals surface area contributed by atoms with Crippen LogP contribution in [0.15, 0.2) is 0 Å². The van der Waals surface area contributed by atoms with Gasteiger partial charge in [0.25, 0.3) is 0 Å². The summed E-state index contributed by atoms with van der Waals surface area (Å²) >= 11 is 0. The van der Waals surface area contributed by atoms with Crippen LogP contribution >= 0.6 is 0 Å². The molecule has 0 radical (unpaired) electrons. The maximum atomic E-state index is 12.4. The van der Waals surface area contributed by atoms with E-state index in [9.17, 15) is 13.2 Å². The van der Waals surface area contributed by atoms with Gasteiger partial charge in [-0.2, -0.15) is 0 Å². The van der Waals surface area contributed by atoms with Gasteiger partial charge in [0.05, 0.1) is 6.26 Å². The lowest BCUT2D eigenvalue weighted by Crippen LogP contribution is -2.39. The highest BCUT2D eigenvalue weighted by Gasteiger charge is 2.41. The molecule has 1 saturated heterocycles. The number of hydrogen-bond acceptors (Lipinski definition) is 3.